The Morgan fingerprint density at radius 1 is 1.10 bits per heavy atom. The van der Waals surface area contributed by atoms with Crippen LogP contribution in [0.2, 0.25) is 5.02 Å². The highest BCUT2D eigenvalue weighted by Gasteiger charge is 2.14. The molecule has 9 heteroatoms. The Bertz CT molecular complexity index is 1010. The largest absolute Gasteiger partial charge is 0.352 e. The van der Waals surface area contributed by atoms with E-state index in [0.717, 1.165) is 16.9 Å². The van der Waals surface area contributed by atoms with Crippen LogP contribution in [-0.4, -0.2) is 22.0 Å². The fourth-order valence-corrected chi connectivity index (χ4v) is 3.50. The molecule has 2 amide bonds. The van der Waals surface area contributed by atoms with Gasteiger partial charge in [-0.25, -0.2) is 4.39 Å². The number of hydrogen-bond acceptors (Lipinski definition) is 5. The topological polar surface area (TPSA) is 84.0 Å². The van der Waals surface area contributed by atoms with E-state index in [0.29, 0.717) is 41.5 Å². The standard InChI is InChI=1S/C20H18ClFN4O2S/c21-16-8-2-1-5-13(16)12-23-17(27)9-4-10-18-25-26-20(29-18)19(28)24-15-7-3-6-14(22)11-15/h1-3,5-8,11H,4,9-10,12H2,(H,23,27)(H,24,28). The molecule has 0 spiro atoms. The van der Waals surface area contributed by atoms with Gasteiger partial charge in [-0.05, 0) is 36.2 Å². The maximum atomic E-state index is 13.2. The minimum Gasteiger partial charge on any atom is -0.352 e. The quantitative estimate of drug-likeness (QED) is 0.558. The Morgan fingerprint density at radius 3 is 2.72 bits per heavy atom. The molecule has 0 saturated carbocycles. The fraction of sp³-hybridized carbons (Fsp3) is 0.200. The molecule has 6 nitrogen and oxygen atoms in total. The Morgan fingerprint density at radius 2 is 1.93 bits per heavy atom. The zero-order chi connectivity index (χ0) is 20.6. The van der Waals surface area contributed by atoms with Crippen molar-refractivity contribution in [1.82, 2.24) is 15.5 Å². The number of rotatable bonds is 8. The van der Waals surface area contributed by atoms with Crippen molar-refractivity contribution < 1.29 is 14.0 Å². The summed E-state index contributed by atoms with van der Waals surface area (Å²) in [6.45, 7) is 0.377. The van der Waals surface area contributed by atoms with Crippen molar-refractivity contribution >= 4 is 40.4 Å². The molecule has 150 valence electrons. The lowest BCUT2D eigenvalue weighted by Crippen LogP contribution is -2.22. The molecule has 1 aromatic heterocycles. The Labute approximate surface area is 176 Å². The summed E-state index contributed by atoms with van der Waals surface area (Å²) in [5.74, 6) is -0.969. The monoisotopic (exact) mass is 432 g/mol. The summed E-state index contributed by atoms with van der Waals surface area (Å²) in [5.41, 5.74) is 1.21. The van der Waals surface area contributed by atoms with Crippen molar-refractivity contribution in [3.05, 3.63) is 74.9 Å². The number of benzene rings is 2. The van der Waals surface area contributed by atoms with Gasteiger partial charge < -0.3 is 10.6 Å². The van der Waals surface area contributed by atoms with Gasteiger partial charge in [0.05, 0.1) is 0 Å². The maximum absolute atomic E-state index is 13.2. The molecule has 0 aliphatic rings. The number of aryl methyl sites for hydroxylation is 1. The van der Waals surface area contributed by atoms with E-state index in [1.807, 2.05) is 18.2 Å². The molecule has 1 heterocycles. The van der Waals surface area contributed by atoms with E-state index in [9.17, 15) is 14.0 Å². The van der Waals surface area contributed by atoms with Gasteiger partial charge >= 0.3 is 0 Å². The van der Waals surface area contributed by atoms with Crippen LogP contribution in [0.5, 0.6) is 0 Å². The van der Waals surface area contributed by atoms with Gasteiger partial charge in [0.25, 0.3) is 5.91 Å². The van der Waals surface area contributed by atoms with Crippen LogP contribution in [0, 0.1) is 5.82 Å². The zero-order valence-corrected chi connectivity index (χ0v) is 16.9. The highest BCUT2D eigenvalue weighted by molar-refractivity contribution is 7.13. The predicted octanol–water partition coefficient (Wildman–Crippen LogP) is 4.22. The molecule has 0 bridgehead atoms. The van der Waals surface area contributed by atoms with Gasteiger partial charge in [0.1, 0.15) is 10.8 Å². The Kier molecular flexibility index (Phi) is 7.26. The molecule has 29 heavy (non-hydrogen) atoms. The summed E-state index contributed by atoms with van der Waals surface area (Å²) in [6, 6.07) is 13.0. The molecule has 0 aliphatic carbocycles. The molecule has 0 saturated heterocycles. The molecular formula is C20H18ClFN4O2S. The molecule has 0 unspecified atom stereocenters. The molecule has 0 radical (unpaired) electrons. The third-order valence-electron chi connectivity index (χ3n) is 3.97. The van der Waals surface area contributed by atoms with E-state index >= 15 is 0 Å². The van der Waals surface area contributed by atoms with Gasteiger partial charge in [-0.15, -0.1) is 10.2 Å². The van der Waals surface area contributed by atoms with Crippen molar-refractivity contribution in [1.29, 1.82) is 0 Å². The highest BCUT2D eigenvalue weighted by atomic mass is 35.5. The maximum Gasteiger partial charge on any atom is 0.286 e. The van der Waals surface area contributed by atoms with E-state index in [-0.39, 0.29) is 10.9 Å². The molecule has 2 N–H and O–H groups in total. The SMILES string of the molecule is O=C(CCCc1nnc(C(=O)Nc2cccc(F)c2)s1)NCc1ccccc1Cl. The number of hydrogen-bond donors (Lipinski definition) is 2. The van der Waals surface area contributed by atoms with Crippen LogP contribution in [0.25, 0.3) is 0 Å². The average molecular weight is 433 g/mol. The summed E-state index contributed by atoms with van der Waals surface area (Å²) in [5, 5.41) is 14.7. The lowest BCUT2D eigenvalue weighted by molar-refractivity contribution is -0.121. The summed E-state index contributed by atoms with van der Waals surface area (Å²) in [6.07, 6.45) is 1.44. The van der Waals surface area contributed by atoms with Crippen LogP contribution in [0.1, 0.15) is 33.2 Å². The van der Waals surface area contributed by atoms with Gasteiger partial charge in [-0.2, -0.15) is 0 Å². The van der Waals surface area contributed by atoms with Crippen LogP contribution >= 0.6 is 22.9 Å². The second kappa shape index (κ2) is 10.1. The number of amides is 2. The third-order valence-corrected chi connectivity index (χ3v) is 5.32. The van der Waals surface area contributed by atoms with Gasteiger partial charge in [-0.1, -0.05) is 47.2 Å². The van der Waals surface area contributed by atoms with E-state index in [4.69, 9.17) is 11.6 Å². The second-order valence-electron chi connectivity index (χ2n) is 6.19. The van der Waals surface area contributed by atoms with Crippen molar-refractivity contribution in [2.24, 2.45) is 0 Å². The fourth-order valence-electron chi connectivity index (χ4n) is 2.52. The average Bonchev–Trinajstić information content (AvgIpc) is 3.16. The van der Waals surface area contributed by atoms with E-state index in [1.54, 1.807) is 12.1 Å². The first-order chi connectivity index (χ1) is 14.0. The molecule has 0 fully saturated rings. The van der Waals surface area contributed by atoms with Gasteiger partial charge in [0, 0.05) is 30.1 Å². The van der Waals surface area contributed by atoms with Crippen LogP contribution in [0.15, 0.2) is 48.5 Å². The number of carbonyl (C=O) groups excluding carboxylic acids is 2. The second-order valence-corrected chi connectivity index (χ2v) is 7.66. The van der Waals surface area contributed by atoms with Crippen molar-refractivity contribution in [3.63, 3.8) is 0 Å². The summed E-state index contributed by atoms with van der Waals surface area (Å²) in [7, 11) is 0. The minimum absolute atomic E-state index is 0.0847. The van der Waals surface area contributed by atoms with E-state index in [2.05, 4.69) is 20.8 Å². The number of nitrogens with zero attached hydrogens (tertiary/aromatic N) is 2. The number of aromatic nitrogens is 2. The van der Waals surface area contributed by atoms with E-state index in [1.165, 1.54) is 18.2 Å². The number of halogens is 2. The third kappa shape index (κ3) is 6.33. The summed E-state index contributed by atoms with van der Waals surface area (Å²) in [4.78, 5) is 24.1. The first kappa shape index (κ1) is 20.9. The molecule has 3 aromatic rings. The number of anilines is 1. The smallest absolute Gasteiger partial charge is 0.286 e. The normalized spacial score (nSPS) is 10.6. The van der Waals surface area contributed by atoms with Gasteiger partial charge in [0.15, 0.2) is 0 Å². The number of nitrogens with one attached hydrogen (secondary N) is 2. The zero-order valence-electron chi connectivity index (χ0n) is 15.3. The van der Waals surface area contributed by atoms with Crippen molar-refractivity contribution in [2.45, 2.75) is 25.8 Å². The van der Waals surface area contributed by atoms with Gasteiger partial charge in [0.2, 0.25) is 10.9 Å². The molecular weight excluding hydrogens is 415 g/mol. The minimum atomic E-state index is -0.447. The lowest BCUT2D eigenvalue weighted by Gasteiger charge is -2.06. The van der Waals surface area contributed by atoms with Gasteiger partial charge in [-0.3, -0.25) is 9.59 Å². The van der Waals surface area contributed by atoms with Crippen LogP contribution in [0.3, 0.4) is 0 Å². The first-order valence-corrected chi connectivity index (χ1v) is 10.1. The van der Waals surface area contributed by atoms with E-state index < -0.39 is 11.7 Å². The number of carbonyl (C=O) groups is 2. The van der Waals surface area contributed by atoms with Crippen molar-refractivity contribution in [2.75, 3.05) is 5.32 Å². The predicted molar refractivity (Wildman–Crippen MR) is 110 cm³/mol. The molecule has 0 aliphatic heterocycles. The first-order valence-electron chi connectivity index (χ1n) is 8.90. The van der Waals surface area contributed by atoms with Crippen LogP contribution in [-0.2, 0) is 17.8 Å². The lowest BCUT2D eigenvalue weighted by atomic mass is 10.2. The Balaban J connectivity index is 1.42. The molecule has 0 atom stereocenters. The van der Waals surface area contributed by atoms with Crippen LogP contribution in [0.4, 0.5) is 10.1 Å². The summed E-state index contributed by atoms with van der Waals surface area (Å²) < 4.78 is 13.2. The van der Waals surface area contributed by atoms with Crippen LogP contribution < -0.4 is 10.6 Å². The highest BCUT2D eigenvalue weighted by Crippen LogP contribution is 2.16. The van der Waals surface area contributed by atoms with Crippen molar-refractivity contribution in [3.8, 4) is 0 Å². The molecule has 3 rings (SSSR count). The Hall–Kier alpha value is -2.84. The summed E-state index contributed by atoms with van der Waals surface area (Å²) >= 11 is 7.21. The molecule has 2 aromatic carbocycles.